The summed E-state index contributed by atoms with van der Waals surface area (Å²) in [6.45, 7) is 8.71. The lowest BCUT2D eigenvalue weighted by molar-refractivity contribution is 0.0629. The predicted octanol–water partition coefficient (Wildman–Crippen LogP) is 3.63. The molecule has 1 aliphatic heterocycles. The lowest BCUT2D eigenvalue weighted by atomic mass is 10.00. The molecule has 1 atom stereocenters. The number of benzene rings is 2. The minimum Gasteiger partial charge on any atom is -0.491 e. The van der Waals surface area contributed by atoms with Crippen LogP contribution in [-0.2, 0) is 33.1 Å². The van der Waals surface area contributed by atoms with Crippen LogP contribution in [0.1, 0.15) is 36.4 Å². The van der Waals surface area contributed by atoms with Crippen molar-refractivity contribution >= 4 is 0 Å². The monoisotopic (exact) mass is 448 g/mol. The third-order valence-corrected chi connectivity index (χ3v) is 6.45. The van der Waals surface area contributed by atoms with Gasteiger partial charge in [0.15, 0.2) is 0 Å². The van der Waals surface area contributed by atoms with Crippen LogP contribution in [0.5, 0.6) is 5.75 Å². The molecule has 2 heterocycles. The van der Waals surface area contributed by atoms with Gasteiger partial charge in [-0.1, -0.05) is 42.5 Å². The third kappa shape index (κ3) is 6.22. The number of rotatable bonds is 10. The molecule has 0 amide bonds. The van der Waals surface area contributed by atoms with Gasteiger partial charge in [-0.25, -0.2) is 4.98 Å². The number of aromatic nitrogens is 2. The zero-order chi connectivity index (χ0) is 23.2. The number of aryl methyl sites for hydroxylation is 1. The zero-order valence-electron chi connectivity index (χ0n) is 20.0. The fraction of sp³-hybridized carbons (Fsp3) is 0.444. The SMILES string of the molecule is CC(C)N(Cc1ccccc1OCC(O)CN1CCc2ccccc2C1)Cc1nccn1C. The molecule has 1 aliphatic rings. The second-order valence-electron chi connectivity index (χ2n) is 9.28. The standard InChI is InChI=1S/C27H36N4O2/c1-21(2)31(19-27-28-13-15-29(27)3)17-24-10-6-7-11-26(24)33-20-25(32)18-30-14-12-22-8-4-5-9-23(22)16-30/h4-11,13,15,21,25,32H,12,14,16-20H2,1-3H3. The Morgan fingerprint density at radius 3 is 2.58 bits per heavy atom. The molecule has 1 N–H and O–H groups in total. The quantitative estimate of drug-likeness (QED) is 0.513. The van der Waals surface area contributed by atoms with Crippen molar-refractivity contribution < 1.29 is 9.84 Å². The Labute approximate surface area is 197 Å². The average Bonchev–Trinajstić information content (AvgIpc) is 3.22. The van der Waals surface area contributed by atoms with Gasteiger partial charge in [0, 0.05) is 57.2 Å². The Morgan fingerprint density at radius 1 is 1.06 bits per heavy atom. The highest BCUT2D eigenvalue weighted by atomic mass is 16.5. The molecule has 6 heteroatoms. The summed E-state index contributed by atoms with van der Waals surface area (Å²) in [4.78, 5) is 9.18. The summed E-state index contributed by atoms with van der Waals surface area (Å²) >= 11 is 0. The predicted molar refractivity (Wildman–Crippen MR) is 131 cm³/mol. The minimum absolute atomic E-state index is 0.288. The lowest BCUT2D eigenvalue weighted by Gasteiger charge is -2.30. The molecule has 0 fully saturated rings. The first kappa shape index (κ1) is 23.5. The van der Waals surface area contributed by atoms with Crippen molar-refractivity contribution in [2.75, 3.05) is 19.7 Å². The van der Waals surface area contributed by atoms with E-state index in [1.807, 2.05) is 37.6 Å². The molecule has 0 aliphatic carbocycles. The maximum atomic E-state index is 10.7. The number of imidazole rings is 1. The van der Waals surface area contributed by atoms with E-state index in [2.05, 4.69) is 63.5 Å². The Bertz CT molecular complexity index is 1030. The van der Waals surface area contributed by atoms with Crippen molar-refractivity contribution in [3.8, 4) is 5.75 Å². The van der Waals surface area contributed by atoms with Gasteiger partial charge in [0.1, 0.15) is 24.3 Å². The highest BCUT2D eigenvalue weighted by Crippen LogP contribution is 2.23. The molecule has 33 heavy (non-hydrogen) atoms. The van der Waals surface area contributed by atoms with Crippen molar-refractivity contribution in [3.63, 3.8) is 0 Å². The van der Waals surface area contributed by atoms with Crippen LogP contribution in [0.3, 0.4) is 0 Å². The van der Waals surface area contributed by atoms with Crippen molar-refractivity contribution in [2.45, 2.75) is 52.0 Å². The number of para-hydroxylation sites is 1. The van der Waals surface area contributed by atoms with Gasteiger partial charge in [0.25, 0.3) is 0 Å². The normalized spacial score (nSPS) is 15.1. The first-order chi connectivity index (χ1) is 16.0. The highest BCUT2D eigenvalue weighted by molar-refractivity contribution is 5.33. The van der Waals surface area contributed by atoms with E-state index >= 15 is 0 Å². The summed E-state index contributed by atoms with van der Waals surface area (Å²) < 4.78 is 8.19. The second kappa shape index (κ2) is 11.0. The molecular formula is C27H36N4O2. The number of β-amino-alcohol motifs (C(OH)–C–C–N with tert-alkyl or cyclic N) is 1. The second-order valence-corrected chi connectivity index (χ2v) is 9.28. The van der Waals surface area contributed by atoms with Gasteiger partial charge in [0.2, 0.25) is 0 Å². The molecular weight excluding hydrogens is 412 g/mol. The van der Waals surface area contributed by atoms with Gasteiger partial charge in [-0.2, -0.15) is 0 Å². The van der Waals surface area contributed by atoms with E-state index < -0.39 is 6.10 Å². The van der Waals surface area contributed by atoms with Crippen LogP contribution >= 0.6 is 0 Å². The summed E-state index contributed by atoms with van der Waals surface area (Å²) in [7, 11) is 2.03. The van der Waals surface area contributed by atoms with E-state index in [-0.39, 0.29) is 6.61 Å². The summed E-state index contributed by atoms with van der Waals surface area (Å²) in [5, 5.41) is 10.7. The molecule has 0 spiro atoms. The van der Waals surface area contributed by atoms with E-state index in [9.17, 15) is 5.11 Å². The molecule has 0 radical (unpaired) electrons. The Balaban J connectivity index is 1.34. The van der Waals surface area contributed by atoms with Crippen LogP contribution in [-0.4, -0.2) is 56.3 Å². The minimum atomic E-state index is -0.530. The smallest absolute Gasteiger partial charge is 0.123 e. The molecule has 2 aromatic carbocycles. The molecule has 0 saturated heterocycles. The summed E-state index contributed by atoms with van der Waals surface area (Å²) in [5.74, 6) is 1.88. The average molecular weight is 449 g/mol. The highest BCUT2D eigenvalue weighted by Gasteiger charge is 2.20. The largest absolute Gasteiger partial charge is 0.491 e. The van der Waals surface area contributed by atoms with Gasteiger partial charge in [0.05, 0.1) is 6.54 Å². The Morgan fingerprint density at radius 2 is 1.82 bits per heavy atom. The molecule has 4 rings (SSSR count). The van der Waals surface area contributed by atoms with Crippen LogP contribution in [0.2, 0.25) is 0 Å². The first-order valence-corrected chi connectivity index (χ1v) is 11.9. The number of fused-ring (bicyclic) bond motifs is 1. The zero-order valence-corrected chi connectivity index (χ0v) is 20.0. The Kier molecular flexibility index (Phi) is 7.81. The number of nitrogens with zero attached hydrogens (tertiary/aromatic N) is 4. The van der Waals surface area contributed by atoms with Gasteiger partial charge < -0.3 is 14.4 Å². The number of aliphatic hydroxyl groups excluding tert-OH is 1. The van der Waals surface area contributed by atoms with E-state index in [1.54, 1.807) is 0 Å². The Hall–Kier alpha value is -2.67. The molecule has 1 aromatic heterocycles. The lowest BCUT2D eigenvalue weighted by Crippen LogP contribution is -2.38. The fourth-order valence-electron chi connectivity index (χ4n) is 4.39. The number of ether oxygens (including phenoxy) is 1. The molecule has 1 unspecified atom stereocenters. The first-order valence-electron chi connectivity index (χ1n) is 11.9. The van der Waals surface area contributed by atoms with E-state index in [0.717, 1.165) is 49.7 Å². The molecule has 3 aromatic rings. The molecule has 0 saturated carbocycles. The van der Waals surface area contributed by atoms with E-state index in [0.29, 0.717) is 12.6 Å². The molecule has 176 valence electrons. The van der Waals surface area contributed by atoms with Crippen molar-refractivity contribution in [3.05, 3.63) is 83.4 Å². The van der Waals surface area contributed by atoms with E-state index in [4.69, 9.17) is 4.74 Å². The number of hydrogen-bond donors (Lipinski definition) is 1. The molecule has 6 nitrogen and oxygen atoms in total. The maximum absolute atomic E-state index is 10.7. The maximum Gasteiger partial charge on any atom is 0.123 e. The van der Waals surface area contributed by atoms with Gasteiger partial charge >= 0.3 is 0 Å². The van der Waals surface area contributed by atoms with Crippen molar-refractivity contribution in [1.29, 1.82) is 0 Å². The van der Waals surface area contributed by atoms with Crippen LogP contribution in [0.15, 0.2) is 60.9 Å². The fourth-order valence-corrected chi connectivity index (χ4v) is 4.39. The van der Waals surface area contributed by atoms with Crippen LogP contribution in [0.25, 0.3) is 0 Å². The number of aliphatic hydroxyl groups is 1. The summed E-state index contributed by atoms with van der Waals surface area (Å²) in [5.41, 5.74) is 3.91. The number of hydrogen-bond acceptors (Lipinski definition) is 5. The topological polar surface area (TPSA) is 53.8 Å². The summed E-state index contributed by atoms with van der Waals surface area (Å²) in [6, 6.07) is 17.1. The van der Waals surface area contributed by atoms with Crippen LogP contribution < -0.4 is 4.74 Å². The van der Waals surface area contributed by atoms with E-state index in [1.165, 1.54) is 11.1 Å². The summed E-state index contributed by atoms with van der Waals surface area (Å²) in [6.07, 6.45) is 4.32. The van der Waals surface area contributed by atoms with Gasteiger partial charge in [-0.15, -0.1) is 0 Å². The third-order valence-electron chi connectivity index (χ3n) is 6.45. The van der Waals surface area contributed by atoms with Crippen LogP contribution in [0, 0.1) is 0 Å². The van der Waals surface area contributed by atoms with Gasteiger partial charge in [-0.3, -0.25) is 9.80 Å². The van der Waals surface area contributed by atoms with Crippen molar-refractivity contribution in [2.24, 2.45) is 7.05 Å². The van der Waals surface area contributed by atoms with Gasteiger partial charge in [-0.05, 0) is 37.5 Å². The molecule has 0 bridgehead atoms. The van der Waals surface area contributed by atoms with Crippen LogP contribution in [0.4, 0.5) is 0 Å². The van der Waals surface area contributed by atoms with Crippen molar-refractivity contribution in [1.82, 2.24) is 19.4 Å².